The molecule has 0 spiro atoms. The summed E-state index contributed by atoms with van der Waals surface area (Å²) in [6.45, 7) is 0. The number of hydrogen-bond acceptors (Lipinski definition) is 2. The zero-order chi connectivity index (χ0) is 15.9. The highest BCUT2D eigenvalue weighted by Gasteiger charge is 2.44. The average molecular weight is 310 g/mol. The average Bonchev–Trinajstić information content (AvgIpc) is 3.20. The molecule has 1 aliphatic carbocycles. The van der Waals surface area contributed by atoms with E-state index >= 15 is 0 Å². The van der Waals surface area contributed by atoms with Crippen molar-refractivity contribution >= 4 is 11.4 Å². The van der Waals surface area contributed by atoms with Crippen LogP contribution in [0.3, 0.4) is 0 Å². The highest BCUT2D eigenvalue weighted by atomic mass is 15.5. The molecule has 24 heavy (non-hydrogen) atoms. The Labute approximate surface area is 142 Å². The van der Waals surface area contributed by atoms with Crippen LogP contribution in [0.25, 0.3) is 0 Å². The molecule has 2 heteroatoms. The zero-order valence-electron chi connectivity index (χ0n) is 13.3. The van der Waals surface area contributed by atoms with E-state index in [1.165, 1.54) is 22.4 Å². The quantitative estimate of drug-likeness (QED) is 0.662. The standard InChI is InChI=1S/C22H18N2/c1-3-9-16(10-4-1)21-20-15-17-11-7-8-14-19(17)22(20)24(23-21)18-12-5-2-6-13-18/h1-14,20,22H,15H2. The number of hydrazone groups is 1. The van der Waals surface area contributed by atoms with E-state index in [1.807, 2.05) is 0 Å². The number of hydrogen-bond donors (Lipinski definition) is 0. The normalized spacial score (nSPS) is 21.3. The molecule has 2 unspecified atom stereocenters. The summed E-state index contributed by atoms with van der Waals surface area (Å²) in [5.41, 5.74) is 6.48. The van der Waals surface area contributed by atoms with Crippen molar-refractivity contribution in [3.63, 3.8) is 0 Å². The number of para-hydroxylation sites is 1. The molecule has 0 aromatic heterocycles. The fourth-order valence-electron chi connectivity index (χ4n) is 4.05. The van der Waals surface area contributed by atoms with E-state index in [-0.39, 0.29) is 0 Å². The molecular formula is C22H18N2. The van der Waals surface area contributed by atoms with Crippen LogP contribution < -0.4 is 5.01 Å². The predicted molar refractivity (Wildman–Crippen MR) is 98.3 cm³/mol. The fraction of sp³-hybridized carbons (Fsp3) is 0.136. The minimum Gasteiger partial charge on any atom is -0.257 e. The molecule has 0 fully saturated rings. The third-order valence-corrected chi connectivity index (χ3v) is 5.12. The van der Waals surface area contributed by atoms with Crippen LogP contribution in [0.5, 0.6) is 0 Å². The number of benzene rings is 3. The summed E-state index contributed by atoms with van der Waals surface area (Å²) in [6, 6.07) is 30.2. The lowest BCUT2D eigenvalue weighted by Gasteiger charge is -2.24. The van der Waals surface area contributed by atoms with Crippen LogP contribution in [0, 0.1) is 5.92 Å². The molecule has 1 aliphatic heterocycles. The number of fused-ring (bicyclic) bond motifs is 3. The van der Waals surface area contributed by atoms with E-state index in [9.17, 15) is 0 Å². The summed E-state index contributed by atoms with van der Waals surface area (Å²) in [6.07, 6.45) is 1.07. The third-order valence-electron chi connectivity index (χ3n) is 5.12. The molecule has 0 saturated heterocycles. The second-order valence-corrected chi connectivity index (χ2v) is 6.49. The second-order valence-electron chi connectivity index (χ2n) is 6.49. The molecule has 0 saturated carbocycles. The lowest BCUT2D eigenvalue weighted by molar-refractivity contribution is 0.597. The summed E-state index contributed by atoms with van der Waals surface area (Å²) in [7, 11) is 0. The number of anilines is 1. The highest BCUT2D eigenvalue weighted by Crippen LogP contribution is 2.47. The van der Waals surface area contributed by atoms with Gasteiger partial charge in [0.25, 0.3) is 0 Å². The first kappa shape index (κ1) is 13.6. The molecule has 1 heterocycles. The van der Waals surface area contributed by atoms with Gasteiger partial charge in [-0.1, -0.05) is 72.8 Å². The van der Waals surface area contributed by atoms with Crippen molar-refractivity contribution in [3.8, 4) is 0 Å². The summed E-state index contributed by atoms with van der Waals surface area (Å²) in [4.78, 5) is 0. The van der Waals surface area contributed by atoms with Crippen LogP contribution >= 0.6 is 0 Å². The Bertz CT molecular complexity index is 900. The monoisotopic (exact) mass is 310 g/mol. The van der Waals surface area contributed by atoms with Gasteiger partial charge >= 0.3 is 0 Å². The van der Waals surface area contributed by atoms with E-state index in [1.54, 1.807) is 0 Å². The second kappa shape index (κ2) is 5.34. The Hall–Kier alpha value is -2.87. The van der Waals surface area contributed by atoms with Gasteiger partial charge in [-0.05, 0) is 35.2 Å². The summed E-state index contributed by atoms with van der Waals surface area (Å²) in [5.74, 6) is 0.421. The SMILES string of the molecule is c1ccc(C2=NN(c3ccccc3)C3c4ccccc4CC23)cc1. The predicted octanol–water partition coefficient (Wildman–Crippen LogP) is 4.82. The molecule has 0 radical (unpaired) electrons. The molecule has 3 aromatic carbocycles. The fourth-order valence-corrected chi connectivity index (χ4v) is 4.05. The van der Waals surface area contributed by atoms with Gasteiger partial charge in [-0.25, -0.2) is 0 Å². The van der Waals surface area contributed by atoms with Crippen LogP contribution in [0.4, 0.5) is 5.69 Å². The van der Waals surface area contributed by atoms with Gasteiger partial charge in [0.2, 0.25) is 0 Å². The maximum atomic E-state index is 5.06. The van der Waals surface area contributed by atoms with Gasteiger partial charge in [-0.3, -0.25) is 5.01 Å². The van der Waals surface area contributed by atoms with Gasteiger partial charge < -0.3 is 0 Å². The Balaban J connectivity index is 1.66. The van der Waals surface area contributed by atoms with E-state index < -0.39 is 0 Å². The van der Waals surface area contributed by atoms with Crippen LogP contribution in [-0.2, 0) is 6.42 Å². The minimum absolute atomic E-state index is 0.304. The van der Waals surface area contributed by atoms with Crippen LogP contribution in [-0.4, -0.2) is 5.71 Å². The van der Waals surface area contributed by atoms with Gasteiger partial charge in [0.05, 0.1) is 17.4 Å². The lowest BCUT2D eigenvalue weighted by atomic mass is 9.92. The molecule has 2 atom stereocenters. The molecule has 2 nitrogen and oxygen atoms in total. The molecule has 0 N–H and O–H groups in total. The third kappa shape index (κ3) is 2.00. The summed E-state index contributed by atoms with van der Waals surface area (Å²) >= 11 is 0. The maximum absolute atomic E-state index is 5.06. The van der Waals surface area contributed by atoms with Gasteiger partial charge in [-0.15, -0.1) is 0 Å². The smallest absolute Gasteiger partial charge is 0.0865 e. The Morgan fingerprint density at radius 2 is 1.42 bits per heavy atom. The van der Waals surface area contributed by atoms with Gasteiger partial charge in [0.1, 0.15) is 0 Å². The van der Waals surface area contributed by atoms with E-state index in [0.29, 0.717) is 12.0 Å². The largest absolute Gasteiger partial charge is 0.257 e. The van der Waals surface area contributed by atoms with Crippen molar-refractivity contribution in [2.45, 2.75) is 12.5 Å². The lowest BCUT2D eigenvalue weighted by Crippen LogP contribution is -2.22. The first-order chi connectivity index (χ1) is 11.9. The minimum atomic E-state index is 0.304. The number of nitrogens with zero attached hydrogens (tertiary/aromatic N) is 2. The van der Waals surface area contributed by atoms with Gasteiger partial charge in [0.15, 0.2) is 0 Å². The first-order valence-electron chi connectivity index (χ1n) is 8.48. The summed E-state index contributed by atoms with van der Waals surface area (Å²) in [5, 5.41) is 7.28. The van der Waals surface area contributed by atoms with Crippen molar-refractivity contribution in [3.05, 3.63) is 102 Å². The zero-order valence-corrected chi connectivity index (χ0v) is 13.3. The molecule has 3 aromatic rings. The van der Waals surface area contributed by atoms with Crippen molar-refractivity contribution in [1.82, 2.24) is 0 Å². The van der Waals surface area contributed by atoms with Crippen LogP contribution in [0.15, 0.2) is 90.0 Å². The van der Waals surface area contributed by atoms with Crippen molar-refractivity contribution < 1.29 is 0 Å². The highest BCUT2D eigenvalue weighted by molar-refractivity contribution is 6.05. The molecular weight excluding hydrogens is 292 g/mol. The molecule has 0 amide bonds. The molecule has 5 rings (SSSR count). The molecule has 116 valence electrons. The van der Waals surface area contributed by atoms with Crippen molar-refractivity contribution in [2.24, 2.45) is 11.0 Å². The van der Waals surface area contributed by atoms with Crippen LogP contribution in [0.2, 0.25) is 0 Å². The Kier molecular flexibility index (Phi) is 3.02. The first-order valence-corrected chi connectivity index (χ1v) is 8.48. The molecule has 2 aliphatic rings. The topological polar surface area (TPSA) is 15.6 Å². The van der Waals surface area contributed by atoms with Crippen molar-refractivity contribution in [2.75, 3.05) is 5.01 Å². The van der Waals surface area contributed by atoms with Crippen LogP contribution in [0.1, 0.15) is 22.7 Å². The van der Waals surface area contributed by atoms with Gasteiger partial charge in [-0.2, -0.15) is 5.10 Å². The molecule has 0 bridgehead atoms. The van der Waals surface area contributed by atoms with E-state index in [4.69, 9.17) is 5.10 Å². The van der Waals surface area contributed by atoms with Gasteiger partial charge in [0, 0.05) is 5.92 Å². The van der Waals surface area contributed by atoms with Crippen molar-refractivity contribution in [1.29, 1.82) is 0 Å². The Morgan fingerprint density at radius 1 is 0.750 bits per heavy atom. The number of rotatable bonds is 2. The Morgan fingerprint density at radius 3 is 2.21 bits per heavy atom. The van der Waals surface area contributed by atoms with E-state index in [2.05, 4.69) is 89.9 Å². The summed E-state index contributed by atoms with van der Waals surface area (Å²) < 4.78 is 0. The van der Waals surface area contributed by atoms with E-state index in [0.717, 1.165) is 12.1 Å². The maximum Gasteiger partial charge on any atom is 0.0865 e.